The Hall–Kier alpha value is -2.38. The molecule has 0 unspecified atom stereocenters. The zero-order valence-corrected chi connectivity index (χ0v) is 17.9. The molecule has 0 spiro atoms. The standard InChI is InChI=1S/C22H34N4O3/c1-4-5-13-27-15-16-28-14-12-25-22(23-3)24-11-10-20-17-29-21(26-20)19-8-6-18(2)7-9-19/h6-9,17H,4-5,10-16H2,1-3H3,(H2,23,24,25). The van der Waals surface area contributed by atoms with Crippen LogP contribution >= 0.6 is 0 Å². The average Bonchev–Trinajstić information content (AvgIpc) is 3.20. The number of oxazole rings is 1. The lowest BCUT2D eigenvalue weighted by Gasteiger charge is -2.11. The lowest BCUT2D eigenvalue weighted by Crippen LogP contribution is -2.39. The summed E-state index contributed by atoms with van der Waals surface area (Å²) in [5, 5.41) is 6.51. The molecule has 160 valence electrons. The van der Waals surface area contributed by atoms with Crippen LogP contribution in [0.25, 0.3) is 11.5 Å². The summed E-state index contributed by atoms with van der Waals surface area (Å²) in [6, 6.07) is 8.15. The van der Waals surface area contributed by atoms with Crippen LogP contribution in [0, 0.1) is 6.92 Å². The van der Waals surface area contributed by atoms with Crippen molar-refractivity contribution >= 4 is 5.96 Å². The van der Waals surface area contributed by atoms with Crippen molar-refractivity contribution in [3.8, 4) is 11.5 Å². The van der Waals surface area contributed by atoms with E-state index in [9.17, 15) is 0 Å². The normalized spacial score (nSPS) is 11.6. The second-order valence-electron chi connectivity index (χ2n) is 6.76. The molecule has 0 fully saturated rings. The minimum Gasteiger partial charge on any atom is -0.444 e. The minimum absolute atomic E-state index is 0.612. The van der Waals surface area contributed by atoms with E-state index in [1.807, 2.05) is 12.1 Å². The molecule has 0 aliphatic rings. The number of rotatable bonds is 13. The fourth-order valence-electron chi connectivity index (χ4n) is 2.59. The maximum absolute atomic E-state index is 5.60. The Balaban J connectivity index is 1.58. The molecule has 1 heterocycles. The molecule has 2 N–H and O–H groups in total. The maximum atomic E-state index is 5.60. The number of hydrogen-bond acceptors (Lipinski definition) is 5. The molecule has 7 nitrogen and oxygen atoms in total. The molecule has 0 saturated carbocycles. The van der Waals surface area contributed by atoms with Gasteiger partial charge in [0.25, 0.3) is 0 Å². The molecule has 0 amide bonds. The topological polar surface area (TPSA) is 80.9 Å². The predicted molar refractivity (Wildman–Crippen MR) is 116 cm³/mol. The Kier molecular flexibility index (Phi) is 10.9. The number of unbranched alkanes of at least 4 members (excludes halogenated alkanes) is 1. The van der Waals surface area contributed by atoms with Crippen LogP contribution in [-0.2, 0) is 15.9 Å². The van der Waals surface area contributed by atoms with Gasteiger partial charge in [-0.05, 0) is 25.5 Å². The number of guanidine groups is 1. The summed E-state index contributed by atoms with van der Waals surface area (Å²) in [6.07, 6.45) is 4.72. The molecular weight excluding hydrogens is 368 g/mol. The highest BCUT2D eigenvalue weighted by molar-refractivity contribution is 5.79. The van der Waals surface area contributed by atoms with E-state index >= 15 is 0 Å². The fraction of sp³-hybridized carbons (Fsp3) is 0.545. The molecule has 1 aromatic heterocycles. The third-order valence-electron chi connectivity index (χ3n) is 4.30. The minimum atomic E-state index is 0.612. The number of hydrogen-bond donors (Lipinski definition) is 2. The molecule has 7 heteroatoms. The van der Waals surface area contributed by atoms with Gasteiger partial charge < -0.3 is 24.5 Å². The quantitative estimate of drug-likeness (QED) is 0.304. The van der Waals surface area contributed by atoms with E-state index in [4.69, 9.17) is 13.9 Å². The fourth-order valence-corrected chi connectivity index (χ4v) is 2.59. The molecule has 0 saturated heterocycles. The SMILES string of the molecule is CCCCOCCOCCNC(=NC)NCCc1coc(-c2ccc(C)cc2)n1. The first kappa shape index (κ1) is 22.9. The molecule has 0 radical (unpaired) electrons. The van der Waals surface area contributed by atoms with Gasteiger partial charge in [-0.25, -0.2) is 4.98 Å². The van der Waals surface area contributed by atoms with Crippen molar-refractivity contribution in [1.82, 2.24) is 15.6 Å². The summed E-state index contributed by atoms with van der Waals surface area (Å²) in [4.78, 5) is 8.77. The summed E-state index contributed by atoms with van der Waals surface area (Å²) in [6.45, 7) is 8.31. The van der Waals surface area contributed by atoms with Crippen LogP contribution in [0.4, 0.5) is 0 Å². The lowest BCUT2D eigenvalue weighted by molar-refractivity contribution is 0.0487. The van der Waals surface area contributed by atoms with Crippen molar-refractivity contribution < 1.29 is 13.9 Å². The van der Waals surface area contributed by atoms with E-state index in [0.717, 1.165) is 43.1 Å². The van der Waals surface area contributed by atoms with Gasteiger partial charge >= 0.3 is 0 Å². The van der Waals surface area contributed by atoms with E-state index in [2.05, 4.69) is 46.6 Å². The van der Waals surface area contributed by atoms with Crippen LogP contribution in [0.5, 0.6) is 0 Å². The summed E-state index contributed by atoms with van der Waals surface area (Å²) < 4.78 is 16.6. The summed E-state index contributed by atoms with van der Waals surface area (Å²) in [5.41, 5.74) is 3.12. The van der Waals surface area contributed by atoms with Crippen molar-refractivity contribution in [2.24, 2.45) is 4.99 Å². The zero-order chi connectivity index (χ0) is 20.7. The van der Waals surface area contributed by atoms with E-state index < -0.39 is 0 Å². The van der Waals surface area contributed by atoms with E-state index in [-0.39, 0.29) is 0 Å². The van der Waals surface area contributed by atoms with Gasteiger partial charge in [0, 0.05) is 38.7 Å². The molecule has 2 aromatic rings. The van der Waals surface area contributed by atoms with Crippen molar-refractivity contribution in [3.63, 3.8) is 0 Å². The Labute approximate surface area is 173 Å². The van der Waals surface area contributed by atoms with E-state index in [1.165, 1.54) is 5.56 Å². The van der Waals surface area contributed by atoms with Crippen molar-refractivity contribution in [1.29, 1.82) is 0 Å². The lowest BCUT2D eigenvalue weighted by atomic mass is 10.1. The second kappa shape index (κ2) is 13.7. The van der Waals surface area contributed by atoms with E-state index in [1.54, 1.807) is 13.3 Å². The largest absolute Gasteiger partial charge is 0.444 e. The molecule has 1 aromatic carbocycles. The van der Waals surface area contributed by atoms with Gasteiger partial charge in [-0.3, -0.25) is 4.99 Å². The van der Waals surface area contributed by atoms with Crippen molar-refractivity contribution in [2.45, 2.75) is 33.1 Å². The van der Waals surface area contributed by atoms with Gasteiger partial charge in [-0.1, -0.05) is 31.0 Å². The van der Waals surface area contributed by atoms with Crippen LogP contribution < -0.4 is 10.6 Å². The smallest absolute Gasteiger partial charge is 0.226 e. The molecule has 0 bridgehead atoms. The van der Waals surface area contributed by atoms with Gasteiger partial charge in [0.15, 0.2) is 5.96 Å². The number of nitrogens with zero attached hydrogens (tertiary/aromatic N) is 2. The number of nitrogens with one attached hydrogen (secondary N) is 2. The van der Waals surface area contributed by atoms with Gasteiger partial charge in [0.2, 0.25) is 5.89 Å². The Bertz CT molecular complexity index is 713. The monoisotopic (exact) mass is 402 g/mol. The zero-order valence-electron chi connectivity index (χ0n) is 17.9. The Morgan fingerprint density at radius 3 is 2.48 bits per heavy atom. The highest BCUT2D eigenvalue weighted by Gasteiger charge is 2.07. The maximum Gasteiger partial charge on any atom is 0.226 e. The van der Waals surface area contributed by atoms with Gasteiger partial charge in [-0.15, -0.1) is 0 Å². The van der Waals surface area contributed by atoms with Crippen LogP contribution in [0.1, 0.15) is 31.0 Å². The number of benzene rings is 1. The average molecular weight is 403 g/mol. The van der Waals surface area contributed by atoms with Crippen molar-refractivity contribution in [2.75, 3.05) is 46.6 Å². The molecule has 29 heavy (non-hydrogen) atoms. The number of ether oxygens (including phenoxy) is 2. The number of aromatic nitrogens is 1. The van der Waals surface area contributed by atoms with Gasteiger partial charge in [0.1, 0.15) is 6.26 Å². The van der Waals surface area contributed by atoms with Crippen LogP contribution in [0.2, 0.25) is 0 Å². The highest BCUT2D eigenvalue weighted by Crippen LogP contribution is 2.19. The first-order valence-electron chi connectivity index (χ1n) is 10.3. The first-order valence-corrected chi connectivity index (χ1v) is 10.3. The number of aliphatic imine (C=N–C) groups is 1. The number of aryl methyl sites for hydroxylation is 1. The summed E-state index contributed by atoms with van der Waals surface area (Å²) >= 11 is 0. The van der Waals surface area contributed by atoms with Gasteiger partial charge in [-0.2, -0.15) is 0 Å². The van der Waals surface area contributed by atoms with E-state index in [0.29, 0.717) is 38.8 Å². The van der Waals surface area contributed by atoms with Crippen LogP contribution in [0.3, 0.4) is 0 Å². The van der Waals surface area contributed by atoms with Crippen molar-refractivity contribution in [3.05, 3.63) is 41.8 Å². The third-order valence-corrected chi connectivity index (χ3v) is 4.30. The highest BCUT2D eigenvalue weighted by atomic mass is 16.5. The molecule has 2 rings (SSSR count). The molecule has 0 aliphatic carbocycles. The summed E-state index contributed by atoms with van der Waals surface area (Å²) in [5.74, 6) is 1.40. The van der Waals surface area contributed by atoms with Gasteiger partial charge in [0.05, 0.1) is 25.5 Å². The first-order chi connectivity index (χ1) is 14.2. The third kappa shape index (κ3) is 9.11. The Morgan fingerprint density at radius 2 is 1.76 bits per heavy atom. The second-order valence-corrected chi connectivity index (χ2v) is 6.76. The van der Waals surface area contributed by atoms with Crippen LogP contribution in [0.15, 0.2) is 39.9 Å². The molecule has 0 atom stereocenters. The summed E-state index contributed by atoms with van der Waals surface area (Å²) in [7, 11) is 1.75. The predicted octanol–water partition coefficient (Wildman–Crippen LogP) is 3.19. The van der Waals surface area contributed by atoms with Crippen LogP contribution in [-0.4, -0.2) is 57.5 Å². The molecule has 0 aliphatic heterocycles. The molecular formula is C22H34N4O3. The Morgan fingerprint density at radius 1 is 1.03 bits per heavy atom.